The van der Waals surface area contributed by atoms with Crippen molar-refractivity contribution in [1.82, 2.24) is 5.32 Å². The van der Waals surface area contributed by atoms with E-state index in [1.54, 1.807) is 18.2 Å². The molecule has 0 aromatic heterocycles. The van der Waals surface area contributed by atoms with Crippen molar-refractivity contribution < 1.29 is 22.6 Å². The van der Waals surface area contributed by atoms with Gasteiger partial charge in [-0.05, 0) is 37.0 Å². The SMILES string of the molecule is CCC(NC1(C(F)(F)F)CC1)c1ccc(OC)c(OC)c1. The maximum absolute atomic E-state index is 13.1. The predicted molar refractivity (Wildman–Crippen MR) is 73.7 cm³/mol. The molecule has 1 fully saturated rings. The van der Waals surface area contributed by atoms with Gasteiger partial charge in [0.1, 0.15) is 5.54 Å². The Hall–Kier alpha value is -1.43. The lowest BCUT2D eigenvalue weighted by Crippen LogP contribution is -2.46. The number of alkyl halides is 3. The summed E-state index contributed by atoms with van der Waals surface area (Å²) in [6.45, 7) is 1.86. The number of ether oxygens (including phenoxy) is 2. The van der Waals surface area contributed by atoms with Crippen LogP contribution in [0.2, 0.25) is 0 Å². The highest BCUT2D eigenvalue weighted by Crippen LogP contribution is 2.50. The largest absolute Gasteiger partial charge is 0.493 e. The standard InChI is InChI=1S/C15H20F3NO2/c1-4-11(19-14(7-8-14)15(16,17)18)10-5-6-12(20-2)13(9-10)21-3/h5-6,9,11,19H,4,7-8H2,1-3H3. The minimum absolute atomic E-state index is 0.139. The van der Waals surface area contributed by atoms with Crippen molar-refractivity contribution in [3.8, 4) is 11.5 Å². The summed E-state index contributed by atoms with van der Waals surface area (Å²) in [5, 5.41) is 2.78. The number of methoxy groups -OCH3 is 2. The molecule has 1 unspecified atom stereocenters. The summed E-state index contributed by atoms with van der Waals surface area (Å²) in [6, 6.07) is 4.85. The smallest absolute Gasteiger partial charge is 0.406 e. The molecule has 0 heterocycles. The highest BCUT2D eigenvalue weighted by Gasteiger charge is 2.63. The number of hydrogen-bond acceptors (Lipinski definition) is 3. The third kappa shape index (κ3) is 3.10. The van der Waals surface area contributed by atoms with E-state index >= 15 is 0 Å². The molecule has 1 N–H and O–H groups in total. The Balaban J connectivity index is 2.22. The molecule has 118 valence electrons. The van der Waals surface area contributed by atoms with Crippen LogP contribution >= 0.6 is 0 Å². The molecule has 1 aromatic rings. The van der Waals surface area contributed by atoms with Gasteiger partial charge >= 0.3 is 6.18 Å². The zero-order chi connectivity index (χ0) is 15.7. The number of halogens is 3. The second-order valence-electron chi connectivity index (χ2n) is 5.30. The lowest BCUT2D eigenvalue weighted by Gasteiger charge is -2.27. The van der Waals surface area contributed by atoms with E-state index in [0.717, 1.165) is 5.56 Å². The molecule has 0 amide bonds. The Morgan fingerprint density at radius 2 is 1.81 bits per heavy atom. The molecule has 6 heteroatoms. The van der Waals surface area contributed by atoms with E-state index in [-0.39, 0.29) is 18.9 Å². The Labute approximate surface area is 122 Å². The zero-order valence-electron chi connectivity index (χ0n) is 12.4. The summed E-state index contributed by atoms with van der Waals surface area (Å²) in [5.74, 6) is 1.08. The topological polar surface area (TPSA) is 30.5 Å². The fourth-order valence-corrected chi connectivity index (χ4v) is 2.46. The van der Waals surface area contributed by atoms with Gasteiger partial charge in [0.25, 0.3) is 0 Å². The van der Waals surface area contributed by atoms with Crippen molar-refractivity contribution in [2.75, 3.05) is 14.2 Å². The van der Waals surface area contributed by atoms with Crippen molar-refractivity contribution in [2.45, 2.75) is 43.9 Å². The minimum atomic E-state index is -4.21. The molecular formula is C15H20F3NO2. The fraction of sp³-hybridized carbons (Fsp3) is 0.600. The van der Waals surface area contributed by atoms with Gasteiger partial charge < -0.3 is 9.47 Å². The lowest BCUT2D eigenvalue weighted by molar-refractivity contribution is -0.168. The monoisotopic (exact) mass is 303 g/mol. The van der Waals surface area contributed by atoms with Crippen LogP contribution in [0.25, 0.3) is 0 Å². The Morgan fingerprint density at radius 3 is 2.24 bits per heavy atom. The Morgan fingerprint density at radius 1 is 1.19 bits per heavy atom. The van der Waals surface area contributed by atoms with Crippen molar-refractivity contribution >= 4 is 0 Å². The highest BCUT2D eigenvalue weighted by molar-refractivity contribution is 5.44. The van der Waals surface area contributed by atoms with Gasteiger partial charge in [0.05, 0.1) is 14.2 Å². The van der Waals surface area contributed by atoms with Gasteiger partial charge in [-0.15, -0.1) is 0 Å². The van der Waals surface area contributed by atoms with E-state index < -0.39 is 11.7 Å². The summed E-state index contributed by atoms with van der Waals surface area (Å²) in [5.41, 5.74) is -0.952. The second-order valence-corrected chi connectivity index (χ2v) is 5.30. The molecule has 3 nitrogen and oxygen atoms in total. The van der Waals surface area contributed by atoms with E-state index in [9.17, 15) is 13.2 Å². The Bertz CT molecular complexity index is 498. The molecule has 1 aliphatic carbocycles. The van der Waals surface area contributed by atoms with Crippen LogP contribution in [-0.2, 0) is 0 Å². The van der Waals surface area contributed by atoms with Crippen LogP contribution in [0, 0.1) is 0 Å². The first-order valence-corrected chi connectivity index (χ1v) is 6.93. The molecule has 1 aromatic carbocycles. The molecule has 2 rings (SSSR count). The molecule has 1 saturated carbocycles. The third-order valence-electron chi connectivity index (χ3n) is 3.96. The molecule has 21 heavy (non-hydrogen) atoms. The van der Waals surface area contributed by atoms with Gasteiger partial charge in [-0.1, -0.05) is 13.0 Å². The van der Waals surface area contributed by atoms with E-state index in [2.05, 4.69) is 5.32 Å². The maximum atomic E-state index is 13.1. The fourth-order valence-electron chi connectivity index (χ4n) is 2.46. The van der Waals surface area contributed by atoms with Crippen LogP contribution in [0.1, 0.15) is 37.8 Å². The second kappa shape index (κ2) is 5.75. The molecule has 0 aliphatic heterocycles. The van der Waals surface area contributed by atoms with Crippen molar-refractivity contribution in [3.63, 3.8) is 0 Å². The van der Waals surface area contributed by atoms with Crippen LogP contribution in [0.15, 0.2) is 18.2 Å². The van der Waals surface area contributed by atoms with E-state index in [4.69, 9.17) is 9.47 Å². The van der Waals surface area contributed by atoms with Crippen LogP contribution in [-0.4, -0.2) is 25.9 Å². The Kier molecular flexibility index (Phi) is 4.37. The molecule has 0 spiro atoms. The van der Waals surface area contributed by atoms with E-state index in [1.807, 2.05) is 6.92 Å². The average molecular weight is 303 g/mol. The van der Waals surface area contributed by atoms with Crippen molar-refractivity contribution in [1.29, 1.82) is 0 Å². The van der Waals surface area contributed by atoms with Crippen LogP contribution in [0.4, 0.5) is 13.2 Å². The normalized spacial score (nSPS) is 18.2. The van der Waals surface area contributed by atoms with Crippen molar-refractivity contribution in [3.05, 3.63) is 23.8 Å². The lowest BCUT2D eigenvalue weighted by atomic mass is 10.0. The average Bonchev–Trinajstić information content (AvgIpc) is 3.24. The summed E-state index contributed by atoms with van der Waals surface area (Å²) < 4.78 is 49.6. The van der Waals surface area contributed by atoms with Gasteiger partial charge in [-0.2, -0.15) is 13.2 Å². The van der Waals surface area contributed by atoms with Crippen molar-refractivity contribution in [2.24, 2.45) is 0 Å². The molecule has 0 saturated heterocycles. The first-order chi connectivity index (χ1) is 9.86. The van der Waals surface area contributed by atoms with Crippen LogP contribution in [0.3, 0.4) is 0 Å². The van der Waals surface area contributed by atoms with Crippen LogP contribution in [0.5, 0.6) is 11.5 Å². The summed E-state index contributed by atoms with van der Waals surface area (Å²) in [4.78, 5) is 0. The quantitative estimate of drug-likeness (QED) is 0.866. The van der Waals surface area contributed by atoms with Gasteiger partial charge in [0, 0.05) is 6.04 Å². The molecule has 0 radical (unpaired) electrons. The summed E-state index contributed by atoms with van der Waals surface area (Å²) in [6.07, 6.45) is -3.37. The van der Waals surface area contributed by atoms with Gasteiger partial charge in [0.2, 0.25) is 0 Å². The van der Waals surface area contributed by atoms with Gasteiger partial charge in [-0.3, -0.25) is 5.32 Å². The number of hydrogen-bond donors (Lipinski definition) is 1. The van der Waals surface area contributed by atoms with Crippen LogP contribution < -0.4 is 14.8 Å². The number of nitrogens with one attached hydrogen (secondary N) is 1. The highest BCUT2D eigenvalue weighted by atomic mass is 19.4. The number of rotatable bonds is 6. The molecular weight excluding hydrogens is 283 g/mol. The molecule has 0 bridgehead atoms. The molecule has 1 aliphatic rings. The maximum Gasteiger partial charge on any atom is 0.406 e. The third-order valence-corrected chi connectivity index (χ3v) is 3.96. The molecule has 1 atom stereocenters. The summed E-state index contributed by atoms with van der Waals surface area (Å²) >= 11 is 0. The first-order valence-electron chi connectivity index (χ1n) is 6.93. The first kappa shape index (κ1) is 15.9. The predicted octanol–water partition coefficient (Wildman–Crippen LogP) is 3.84. The van der Waals surface area contributed by atoms with Gasteiger partial charge in [0.15, 0.2) is 11.5 Å². The zero-order valence-corrected chi connectivity index (χ0v) is 12.4. The van der Waals surface area contributed by atoms with Gasteiger partial charge in [-0.25, -0.2) is 0 Å². The minimum Gasteiger partial charge on any atom is -0.493 e. The van der Waals surface area contributed by atoms with E-state index in [1.165, 1.54) is 14.2 Å². The summed E-state index contributed by atoms with van der Waals surface area (Å²) in [7, 11) is 3.03. The van der Waals surface area contributed by atoms with E-state index in [0.29, 0.717) is 17.9 Å². The number of benzene rings is 1.